The van der Waals surface area contributed by atoms with E-state index in [1.165, 1.54) is 37.1 Å². The molecule has 0 N–H and O–H groups in total. The third kappa shape index (κ3) is 4.53. The molecule has 0 unspecified atom stereocenters. The van der Waals surface area contributed by atoms with Crippen molar-refractivity contribution >= 4 is 0 Å². The van der Waals surface area contributed by atoms with Crippen molar-refractivity contribution in [3.63, 3.8) is 0 Å². The molecular weight excluding hydrogens is 446 g/mol. The fraction of sp³-hybridized carbons (Fsp3) is 0.478. The van der Waals surface area contributed by atoms with Crippen LogP contribution in [0.1, 0.15) is 49.1 Å². The monoisotopic (exact) mass is 471 g/mol. The number of benzene rings is 2. The van der Waals surface area contributed by atoms with Crippen LogP contribution in [0, 0.1) is 29.2 Å². The normalized spacial score (nSPS) is 25.1. The van der Waals surface area contributed by atoms with Crippen LogP contribution in [-0.4, -0.2) is 30.7 Å². The van der Waals surface area contributed by atoms with Crippen molar-refractivity contribution in [2.24, 2.45) is 5.92 Å². The number of hydrogen-bond donors (Lipinski definition) is 0. The van der Waals surface area contributed by atoms with Gasteiger partial charge in [-0.05, 0) is 47.7 Å². The average molecular weight is 472 g/mol. The summed E-state index contributed by atoms with van der Waals surface area (Å²) < 4.78 is 56.6. The summed E-state index contributed by atoms with van der Waals surface area (Å²) >= 11 is 0. The predicted octanol–water partition coefficient (Wildman–Crippen LogP) is 2.79. The maximum atomic E-state index is 13.9. The fourth-order valence-corrected chi connectivity index (χ4v) is 5.54. The third-order valence-corrected chi connectivity index (χ3v) is 7.07. The Labute approximate surface area is 180 Å². The maximum absolute atomic E-state index is 13.9. The Morgan fingerprint density at radius 1 is 0.759 bits per heavy atom. The highest BCUT2D eigenvalue weighted by Crippen LogP contribution is 2.46. The van der Waals surface area contributed by atoms with Crippen molar-refractivity contribution in [2.75, 3.05) is 14.1 Å². The lowest BCUT2D eigenvalue weighted by atomic mass is 9.78. The van der Waals surface area contributed by atoms with Gasteiger partial charge in [-0.15, -0.1) is 0 Å². The van der Waals surface area contributed by atoms with Crippen LogP contribution < -0.4 is 17.0 Å². The van der Waals surface area contributed by atoms with Gasteiger partial charge >= 0.3 is 0 Å². The number of nitrogens with zero attached hydrogens (tertiary/aromatic N) is 1. The first-order valence-electron chi connectivity index (χ1n) is 9.97. The number of halogens is 5. The standard InChI is InChI=1S/C23H26F4N.BrH/c1-28(2)21-3-4-22(28)6-14(5-21)7-23(15-8-17(24)12-18(25)9-15)16-10-19(26)13-20(27)11-16;/h8-14,21-23H,3-7H2,1-2H3;1H/q+1;/p-1/t14-,21+,22-;. The van der Waals surface area contributed by atoms with Crippen LogP contribution in [0.25, 0.3) is 0 Å². The minimum absolute atomic E-state index is 0. The van der Waals surface area contributed by atoms with Crippen LogP contribution in [-0.2, 0) is 0 Å². The van der Waals surface area contributed by atoms with E-state index in [1.807, 2.05) is 0 Å². The molecule has 0 spiro atoms. The van der Waals surface area contributed by atoms with Gasteiger partial charge in [0, 0.05) is 43.7 Å². The van der Waals surface area contributed by atoms with Gasteiger partial charge in [0.15, 0.2) is 0 Å². The summed E-state index contributed by atoms with van der Waals surface area (Å²) in [6.45, 7) is 0. The molecule has 2 aliphatic heterocycles. The molecule has 6 heteroatoms. The molecule has 1 nitrogen and oxygen atoms in total. The molecule has 2 fully saturated rings. The van der Waals surface area contributed by atoms with Crippen LogP contribution in [0.2, 0.25) is 0 Å². The molecule has 3 atom stereocenters. The quantitative estimate of drug-likeness (QED) is 0.475. The molecule has 0 aromatic heterocycles. The number of piperidine rings is 1. The molecule has 0 radical (unpaired) electrons. The smallest absolute Gasteiger partial charge is 0.126 e. The fourth-order valence-electron chi connectivity index (χ4n) is 5.54. The minimum atomic E-state index is -0.668. The molecule has 0 amide bonds. The second-order valence-electron chi connectivity index (χ2n) is 9.05. The van der Waals surface area contributed by atoms with Gasteiger partial charge in [0.25, 0.3) is 0 Å². The molecule has 158 valence electrons. The first-order valence-corrected chi connectivity index (χ1v) is 9.97. The highest BCUT2D eigenvalue weighted by molar-refractivity contribution is 5.34. The molecule has 2 saturated heterocycles. The van der Waals surface area contributed by atoms with Gasteiger partial charge in [-0.3, -0.25) is 0 Å². The Kier molecular flexibility index (Phi) is 6.44. The topological polar surface area (TPSA) is 0 Å². The number of rotatable bonds is 4. The van der Waals surface area contributed by atoms with E-state index in [-0.39, 0.29) is 17.0 Å². The van der Waals surface area contributed by atoms with E-state index in [1.54, 1.807) is 0 Å². The summed E-state index contributed by atoms with van der Waals surface area (Å²) in [7, 11) is 4.56. The van der Waals surface area contributed by atoms with Crippen molar-refractivity contribution in [2.45, 2.75) is 50.1 Å². The van der Waals surface area contributed by atoms with Gasteiger partial charge in [-0.25, -0.2) is 17.6 Å². The van der Waals surface area contributed by atoms with Gasteiger partial charge < -0.3 is 21.5 Å². The molecule has 29 heavy (non-hydrogen) atoms. The van der Waals surface area contributed by atoms with Crippen molar-refractivity contribution in [1.82, 2.24) is 0 Å². The van der Waals surface area contributed by atoms with Crippen LogP contribution in [0.5, 0.6) is 0 Å². The van der Waals surface area contributed by atoms with Crippen LogP contribution in [0.3, 0.4) is 0 Å². The summed E-state index contributed by atoms with van der Waals surface area (Å²) in [6.07, 6.45) is 5.11. The largest absolute Gasteiger partial charge is 1.00 e. The van der Waals surface area contributed by atoms with E-state index in [0.717, 1.165) is 29.5 Å². The summed E-state index contributed by atoms with van der Waals surface area (Å²) in [6, 6.07) is 7.96. The number of fused-ring (bicyclic) bond motifs is 2. The highest BCUT2D eigenvalue weighted by atomic mass is 79.9. The zero-order valence-corrected chi connectivity index (χ0v) is 18.2. The summed E-state index contributed by atoms with van der Waals surface area (Å²) in [5, 5.41) is 0. The average Bonchev–Trinajstić information content (AvgIpc) is 2.76. The van der Waals surface area contributed by atoms with E-state index in [9.17, 15) is 17.6 Å². The Hall–Kier alpha value is -1.40. The molecule has 2 heterocycles. The second-order valence-corrected chi connectivity index (χ2v) is 9.05. The first kappa shape index (κ1) is 22.3. The zero-order valence-electron chi connectivity index (χ0n) is 16.6. The molecule has 2 aromatic rings. The Morgan fingerprint density at radius 2 is 1.14 bits per heavy atom. The molecule has 2 aromatic carbocycles. The first-order chi connectivity index (χ1) is 13.2. The van der Waals surface area contributed by atoms with Gasteiger partial charge in [0.2, 0.25) is 0 Å². The minimum Gasteiger partial charge on any atom is -1.00 e. The van der Waals surface area contributed by atoms with Crippen molar-refractivity contribution in [3.8, 4) is 0 Å². The van der Waals surface area contributed by atoms with Crippen LogP contribution in [0.4, 0.5) is 17.6 Å². The molecule has 2 bridgehead atoms. The Bertz CT molecular complexity index is 777. The van der Waals surface area contributed by atoms with Gasteiger partial charge in [-0.1, -0.05) is 0 Å². The molecular formula is C23H26BrF4N. The summed E-state index contributed by atoms with van der Waals surface area (Å²) in [5.41, 5.74) is 0.878. The summed E-state index contributed by atoms with van der Waals surface area (Å²) in [4.78, 5) is 0. The molecule has 0 saturated carbocycles. The lowest BCUT2D eigenvalue weighted by Crippen LogP contribution is -3.00. The van der Waals surface area contributed by atoms with E-state index in [4.69, 9.17) is 0 Å². The van der Waals surface area contributed by atoms with Gasteiger partial charge in [-0.2, -0.15) is 0 Å². The van der Waals surface area contributed by atoms with Crippen LogP contribution >= 0.6 is 0 Å². The Morgan fingerprint density at radius 3 is 1.52 bits per heavy atom. The second kappa shape index (κ2) is 8.38. The highest BCUT2D eigenvalue weighted by Gasteiger charge is 2.49. The lowest BCUT2D eigenvalue weighted by molar-refractivity contribution is -0.931. The van der Waals surface area contributed by atoms with Crippen LogP contribution in [0.15, 0.2) is 36.4 Å². The van der Waals surface area contributed by atoms with Gasteiger partial charge in [0.1, 0.15) is 23.3 Å². The predicted molar refractivity (Wildman–Crippen MR) is 101 cm³/mol. The Balaban J connectivity index is 0.00000240. The zero-order chi connectivity index (χ0) is 20.1. The van der Waals surface area contributed by atoms with Crippen molar-refractivity contribution in [1.29, 1.82) is 0 Å². The molecule has 4 rings (SSSR count). The molecule has 0 aliphatic carbocycles. The van der Waals surface area contributed by atoms with E-state index in [2.05, 4.69) is 14.1 Å². The lowest BCUT2D eigenvalue weighted by Gasteiger charge is -2.45. The maximum Gasteiger partial charge on any atom is 0.126 e. The van der Waals surface area contributed by atoms with E-state index in [0.29, 0.717) is 35.5 Å². The van der Waals surface area contributed by atoms with E-state index < -0.39 is 29.2 Å². The van der Waals surface area contributed by atoms with Gasteiger partial charge in [0.05, 0.1) is 26.2 Å². The SMILES string of the molecule is C[N+]1(C)[C@@H]2CC[C@H]1C[C@@H](CC(c1cc(F)cc(F)c1)c1cc(F)cc(F)c1)C2.[Br-]. The third-order valence-electron chi connectivity index (χ3n) is 7.07. The number of quaternary nitrogens is 1. The summed E-state index contributed by atoms with van der Waals surface area (Å²) in [5.74, 6) is -2.74. The number of hydrogen-bond acceptors (Lipinski definition) is 0. The van der Waals surface area contributed by atoms with Crippen molar-refractivity contribution in [3.05, 3.63) is 70.8 Å². The van der Waals surface area contributed by atoms with Crippen molar-refractivity contribution < 1.29 is 39.0 Å². The molecule has 2 aliphatic rings. The van der Waals surface area contributed by atoms with E-state index >= 15 is 0 Å².